The van der Waals surface area contributed by atoms with Gasteiger partial charge in [0.2, 0.25) is 0 Å². The number of benzene rings is 1. The summed E-state index contributed by atoms with van der Waals surface area (Å²) in [4.78, 5) is 28.9. The second-order valence-corrected chi connectivity index (χ2v) is 8.79. The van der Waals surface area contributed by atoms with Crippen molar-refractivity contribution in [2.75, 3.05) is 6.54 Å². The van der Waals surface area contributed by atoms with Crippen LogP contribution >= 0.6 is 11.8 Å². The van der Waals surface area contributed by atoms with Crippen molar-refractivity contribution in [3.05, 3.63) is 124 Å². The van der Waals surface area contributed by atoms with Crippen molar-refractivity contribution < 1.29 is 4.79 Å². The van der Waals surface area contributed by atoms with Crippen LogP contribution in [-0.4, -0.2) is 28.1 Å². The van der Waals surface area contributed by atoms with Gasteiger partial charge in [-0.1, -0.05) is 54.2 Å². The second-order valence-electron chi connectivity index (χ2n) is 7.66. The molecule has 162 valence electrons. The zero-order chi connectivity index (χ0) is 22.5. The number of amides is 1. The molecule has 33 heavy (non-hydrogen) atoms. The molecule has 5 nitrogen and oxygen atoms in total. The SMILES string of the molecule is O=C(NCCc1cccnc1)C1=CC2=C(CC=C1)Sc1ccccc1C(c1ccccn1)=N2. The molecular formula is C27H22N4OS. The molecule has 0 bridgehead atoms. The van der Waals surface area contributed by atoms with E-state index in [1.54, 1.807) is 24.2 Å². The summed E-state index contributed by atoms with van der Waals surface area (Å²) in [6.45, 7) is 0.546. The number of nitrogens with one attached hydrogen (secondary N) is 1. The Bertz CT molecular complexity index is 1290. The van der Waals surface area contributed by atoms with E-state index in [9.17, 15) is 4.79 Å². The molecule has 2 aromatic heterocycles. The fourth-order valence-corrected chi connectivity index (χ4v) is 4.81. The summed E-state index contributed by atoms with van der Waals surface area (Å²) in [6, 6.07) is 18.0. The summed E-state index contributed by atoms with van der Waals surface area (Å²) in [7, 11) is 0. The first kappa shape index (κ1) is 21.1. The molecule has 3 heterocycles. The molecule has 0 fully saturated rings. The highest BCUT2D eigenvalue weighted by Crippen LogP contribution is 2.39. The molecule has 2 aliphatic rings. The van der Waals surface area contributed by atoms with Crippen LogP contribution in [0, 0.1) is 0 Å². The molecule has 0 spiro atoms. The second kappa shape index (κ2) is 9.79. The number of nitrogens with zero attached hydrogens (tertiary/aromatic N) is 3. The zero-order valence-electron chi connectivity index (χ0n) is 17.9. The normalized spacial score (nSPS) is 14.9. The number of rotatable bonds is 5. The van der Waals surface area contributed by atoms with Gasteiger partial charge in [-0.3, -0.25) is 14.8 Å². The van der Waals surface area contributed by atoms with E-state index in [2.05, 4.69) is 27.4 Å². The van der Waals surface area contributed by atoms with Crippen LogP contribution in [-0.2, 0) is 11.2 Å². The number of fused-ring (bicyclic) bond motifs is 1. The van der Waals surface area contributed by atoms with Crippen molar-refractivity contribution in [2.24, 2.45) is 4.99 Å². The van der Waals surface area contributed by atoms with Crippen molar-refractivity contribution in [2.45, 2.75) is 17.7 Å². The smallest absolute Gasteiger partial charge is 0.251 e. The summed E-state index contributed by atoms with van der Waals surface area (Å²) in [5.41, 5.74) is 5.18. The Morgan fingerprint density at radius 1 is 1.03 bits per heavy atom. The third-order valence-electron chi connectivity index (χ3n) is 5.38. The van der Waals surface area contributed by atoms with Gasteiger partial charge in [-0.2, -0.15) is 0 Å². The van der Waals surface area contributed by atoms with Crippen molar-refractivity contribution in [3.63, 3.8) is 0 Å². The molecule has 3 aromatic rings. The first-order chi connectivity index (χ1) is 16.3. The van der Waals surface area contributed by atoms with Crippen molar-refractivity contribution in [1.29, 1.82) is 0 Å². The largest absolute Gasteiger partial charge is 0.352 e. The first-order valence-electron chi connectivity index (χ1n) is 10.8. The van der Waals surface area contributed by atoms with Gasteiger partial charge in [-0.25, -0.2) is 4.99 Å². The van der Waals surface area contributed by atoms with E-state index < -0.39 is 0 Å². The molecule has 0 saturated heterocycles. The Hall–Kier alpha value is -3.77. The Morgan fingerprint density at radius 2 is 1.94 bits per heavy atom. The number of hydrogen-bond donors (Lipinski definition) is 1. The Labute approximate surface area is 197 Å². The van der Waals surface area contributed by atoms with E-state index in [0.717, 1.165) is 50.9 Å². The molecular weight excluding hydrogens is 428 g/mol. The van der Waals surface area contributed by atoms with E-state index in [1.807, 2.05) is 66.9 Å². The molecule has 0 atom stereocenters. The summed E-state index contributed by atoms with van der Waals surface area (Å²) in [6.07, 6.45) is 12.6. The highest BCUT2D eigenvalue weighted by molar-refractivity contribution is 8.03. The standard InChI is InChI=1S/C27H22N4OS/c32-27(30-16-13-19-7-6-14-28-18-19)20-8-5-12-25-23(17-20)31-26(22-10-3-4-15-29-22)21-9-1-2-11-24(21)33-25/h1-11,14-15,17-18H,12-13,16H2,(H,30,32). The quantitative estimate of drug-likeness (QED) is 0.602. The number of carbonyl (C=O) groups is 1. The van der Waals surface area contributed by atoms with E-state index in [0.29, 0.717) is 12.1 Å². The minimum Gasteiger partial charge on any atom is -0.352 e. The molecule has 1 N–H and O–H groups in total. The van der Waals surface area contributed by atoms with Crippen LogP contribution in [0.25, 0.3) is 0 Å². The van der Waals surface area contributed by atoms with Gasteiger partial charge in [0.05, 0.1) is 17.1 Å². The summed E-state index contributed by atoms with van der Waals surface area (Å²) >= 11 is 1.71. The molecule has 0 saturated carbocycles. The van der Waals surface area contributed by atoms with Gasteiger partial charge in [-0.15, -0.1) is 0 Å². The molecule has 1 aromatic carbocycles. The van der Waals surface area contributed by atoms with E-state index in [4.69, 9.17) is 4.99 Å². The lowest BCUT2D eigenvalue weighted by molar-refractivity contribution is -0.117. The lowest BCUT2D eigenvalue weighted by Crippen LogP contribution is -2.26. The van der Waals surface area contributed by atoms with Gasteiger partial charge in [-0.05, 0) is 48.7 Å². The molecule has 1 aliphatic carbocycles. The maximum Gasteiger partial charge on any atom is 0.251 e. The molecule has 0 unspecified atom stereocenters. The first-order valence-corrected chi connectivity index (χ1v) is 11.7. The fraction of sp³-hybridized carbons (Fsp3) is 0.111. The number of aliphatic imine (C=N–C) groups is 1. The monoisotopic (exact) mass is 450 g/mol. The third-order valence-corrected chi connectivity index (χ3v) is 6.58. The fourth-order valence-electron chi connectivity index (χ4n) is 3.73. The number of aromatic nitrogens is 2. The van der Waals surface area contributed by atoms with Crippen LogP contribution in [0.3, 0.4) is 0 Å². The van der Waals surface area contributed by atoms with Crippen LogP contribution < -0.4 is 5.32 Å². The summed E-state index contributed by atoms with van der Waals surface area (Å²) in [5.74, 6) is -0.106. The topological polar surface area (TPSA) is 67.2 Å². The highest BCUT2D eigenvalue weighted by Gasteiger charge is 2.22. The summed E-state index contributed by atoms with van der Waals surface area (Å²) in [5, 5.41) is 3.02. The van der Waals surface area contributed by atoms with Crippen LogP contribution in [0.1, 0.15) is 23.2 Å². The number of allylic oxidation sites excluding steroid dienone is 3. The maximum absolute atomic E-state index is 12.9. The average molecular weight is 451 g/mol. The molecule has 1 amide bonds. The Balaban J connectivity index is 1.45. The van der Waals surface area contributed by atoms with Crippen LogP contribution in [0.15, 0.2) is 117 Å². The average Bonchev–Trinajstić information content (AvgIpc) is 3.15. The van der Waals surface area contributed by atoms with E-state index in [-0.39, 0.29) is 5.91 Å². The Morgan fingerprint density at radius 3 is 2.79 bits per heavy atom. The van der Waals surface area contributed by atoms with Gasteiger partial charge in [0.25, 0.3) is 5.91 Å². The third kappa shape index (κ3) is 4.86. The minimum absolute atomic E-state index is 0.106. The van der Waals surface area contributed by atoms with Crippen LogP contribution in [0.5, 0.6) is 0 Å². The highest BCUT2D eigenvalue weighted by atomic mass is 32.2. The minimum atomic E-state index is -0.106. The van der Waals surface area contributed by atoms with Gasteiger partial charge < -0.3 is 5.32 Å². The molecule has 6 heteroatoms. The molecule has 0 radical (unpaired) electrons. The number of carbonyl (C=O) groups excluding carboxylic acids is 1. The van der Waals surface area contributed by atoms with E-state index >= 15 is 0 Å². The van der Waals surface area contributed by atoms with Gasteiger partial charge in [0.15, 0.2) is 0 Å². The lowest BCUT2D eigenvalue weighted by Gasteiger charge is -2.09. The lowest BCUT2D eigenvalue weighted by atomic mass is 10.1. The molecule has 5 rings (SSSR count). The van der Waals surface area contributed by atoms with Crippen LogP contribution in [0.4, 0.5) is 0 Å². The van der Waals surface area contributed by atoms with Gasteiger partial charge >= 0.3 is 0 Å². The molecule has 1 aliphatic heterocycles. The number of thioether (sulfide) groups is 1. The predicted molar refractivity (Wildman–Crippen MR) is 132 cm³/mol. The van der Waals surface area contributed by atoms with Crippen LogP contribution in [0.2, 0.25) is 0 Å². The predicted octanol–water partition coefficient (Wildman–Crippen LogP) is 4.88. The number of hydrogen-bond acceptors (Lipinski definition) is 5. The number of pyridine rings is 2. The van der Waals surface area contributed by atoms with E-state index in [1.165, 1.54) is 0 Å². The Kier molecular flexibility index (Phi) is 6.26. The maximum atomic E-state index is 12.9. The van der Waals surface area contributed by atoms with Crippen molar-refractivity contribution in [1.82, 2.24) is 15.3 Å². The van der Waals surface area contributed by atoms with Crippen molar-refractivity contribution in [3.8, 4) is 0 Å². The summed E-state index contributed by atoms with van der Waals surface area (Å²) < 4.78 is 0. The van der Waals surface area contributed by atoms with Gasteiger partial charge in [0, 0.05) is 46.1 Å². The van der Waals surface area contributed by atoms with Crippen molar-refractivity contribution >= 4 is 23.4 Å². The van der Waals surface area contributed by atoms with Gasteiger partial charge in [0.1, 0.15) is 0 Å². The zero-order valence-corrected chi connectivity index (χ0v) is 18.8.